The minimum atomic E-state index is -0.909. The van der Waals surface area contributed by atoms with E-state index in [-0.39, 0.29) is 30.0 Å². The number of benzene rings is 1. The molecule has 0 aliphatic carbocycles. The topological polar surface area (TPSA) is 120 Å². The Morgan fingerprint density at radius 3 is 2.68 bits per heavy atom. The van der Waals surface area contributed by atoms with E-state index in [0.29, 0.717) is 26.7 Å². The third-order valence-corrected chi connectivity index (χ3v) is 6.84. The molecule has 3 aromatic heterocycles. The smallest absolute Gasteiger partial charge is 0.339 e. The largest absolute Gasteiger partial charge is 0.467 e. The number of carbonyl (C=O) groups excluding carboxylic acids is 3. The number of ether oxygens (including phenoxy) is 2. The Morgan fingerprint density at radius 1 is 1.11 bits per heavy atom. The maximum Gasteiger partial charge on any atom is 0.339 e. The van der Waals surface area contributed by atoms with E-state index in [1.165, 1.54) is 17.6 Å². The number of urea groups is 1. The molecule has 2 amide bonds. The fourth-order valence-corrected chi connectivity index (χ4v) is 4.99. The van der Waals surface area contributed by atoms with Gasteiger partial charge in [-0.05, 0) is 43.3 Å². The van der Waals surface area contributed by atoms with E-state index in [0.717, 1.165) is 4.88 Å². The number of nitrogens with zero attached hydrogens (tertiary/aromatic N) is 1. The van der Waals surface area contributed by atoms with Crippen LogP contribution in [0.4, 0.5) is 4.79 Å². The molecule has 1 unspecified atom stereocenters. The van der Waals surface area contributed by atoms with Crippen LogP contribution in [0.1, 0.15) is 29.1 Å². The van der Waals surface area contributed by atoms with Crippen LogP contribution in [0.3, 0.4) is 0 Å². The van der Waals surface area contributed by atoms with Gasteiger partial charge in [-0.2, -0.15) is 0 Å². The SMILES string of the molecule is CCOC(=O)C1=C(COC(=O)c2cc(-c3ccc(Cl)s3)nc3ccccc23)NC(=O)NC1c1ccco1. The second-order valence-electron chi connectivity index (χ2n) is 7.91. The van der Waals surface area contributed by atoms with Crippen molar-refractivity contribution in [1.82, 2.24) is 15.6 Å². The lowest BCUT2D eigenvalue weighted by Crippen LogP contribution is -2.47. The van der Waals surface area contributed by atoms with Crippen molar-refractivity contribution in [3.8, 4) is 10.6 Å². The first-order valence-electron chi connectivity index (χ1n) is 11.3. The Hall–Kier alpha value is -4.15. The van der Waals surface area contributed by atoms with Crippen molar-refractivity contribution in [3.63, 3.8) is 0 Å². The van der Waals surface area contributed by atoms with Crippen molar-refractivity contribution in [2.45, 2.75) is 13.0 Å². The highest BCUT2D eigenvalue weighted by Crippen LogP contribution is 2.33. The van der Waals surface area contributed by atoms with Crippen LogP contribution in [0.2, 0.25) is 4.34 Å². The number of thiophene rings is 1. The summed E-state index contributed by atoms with van der Waals surface area (Å²) < 4.78 is 16.8. The van der Waals surface area contributed by atoms with Gasteiger partial charge in [0.15, 0.2) is 0 Å². The average molecular weight is 538 g/mol. The van der Waals surface area contributed by atoms with E-state index in [2.05, 4.69) is 15.6 Å². The van der Waals surface area contributed by atoms with Gasteiger partial charge in [-0.3, -0.25) is 0 Å². The molecule has 1 aliphatic rings. The van der Waals surface area contributed by atoms with Crippen molar-refractivity contribution in [3.05, 3.63) is 87.8 Å². The molecule has 4 aromatic rings. The predicted octanol–water partition coefficient (Wildman–Crippen LogP) is 5.24. The van der Waals surface area contributed by atoms with Gasteiger partial charge < -0.3 is 24.5 Å². The Balaban J connectivity index is 1.49. The summed E-state index contributed by atoms with van der Waals surface area (Å²) in [4.78, 5) is 44.0. The molecule has 9 nitrogen and oxygen atoms in total. The number of halogens is 1. The van der Waals surface area contributed by atoms with Crippen molar-refractivity contribution < 1.29 is 28.3 Å². The van der Waals surface area contributed by atoms with Gasteiger partial charge in [0.05, 0.1) is 50.1 Å². The number of rotatable bonds is 7. The Bertz CT molecular complexity index is 1530. The van der Waals surface area contributed by atoms with Crippen LogP contribution in [0.5, 0.6) is 0 Å². The zero-order valence-corrected chi connectivity index (χ0v) is 21.0. The lowest BCUT2D eigenvalue weighted by Gasteiger charge is -2.27. The summed E-state index contributed by atoms with van der Waals surface area (Å²) in [5, 5.41) is 5.81. The highest BCUT2D eigenvalue weighted by atomic mass is 35.5. The molecule has 37 heavy (non-hydrogen) atoms. The minimum absolute atomic E-state index is 0.0812. The summed E-state index contributed by atoms with van der Waals surface area (Å²) in [5.74, 6) is -0.990. The molecule has 0 saturated carbocycles. The minimum Gasteiger partial charge on any atom is -0.467 e. The number of pyridine rings is 1. The molecule has 0 radical (unpaired) electrons. The van der Waals surface area contributed by atoms with Crippen LogP contribution in [0.15, 0.2) is 76.5 Å². The summed E-state index contributed by atoms with van der Waals surface area (Å²) in [7, 11) is 0. The number of furan rings is 1. The first-order chi connectivity index (χ1) is 17.9. The maximum atomic E-state index is 13.3. The fourth-order valence-electron chi connectivity index (χ4n) is 3.99. The maximum absolute atomic E-state index is 13.3. The number of aromatic nitrogens is 1. The van der Waals surface area contributed by atoms with Crippen molar-refractivity contribution in [2.24, 2.45) is 0 Å². The first-order valence-corrected chi connectivity index (χ1v) is 12.5. The van der Waals surface area contributed by atoms with Crippen molar-refractivity contribution >= 4 is 51.8 Å². The molecule has 1 aliphatic heterocycles. The van der Waals surface area contributed by atoms with Gasteiger partial charge in [-0.1, -0.05) is 29.8 Å². The quantitative estimate of drug-likeness (QED) is 0.309. The normalized spacial score (nSPS) is 15.3. The third kappa shape index (κ3) is 5.07. The number of esters is 2. The van der Waals surface area contributed by atoms with Crippen LogP contribution in [-0.4, -0.2) is 36.2 Å². The summed E-state index contributed by atoms with van der Waals surface area (Å²) in [6, 6.07) is 14.2. The Morgan fingerprint density at radius 2 is 1.95 bits per heavy atom. The number of hydrogen-bond acceptors (Lipinski definition) is 8. The number of para-hydroxylation sites is 1. The number of carbonyl (C=O) groups is 3. The number of hydrogen-bond donors (Lipinski definition) is 2. The lowest BCUT2D eigenvalue weighted by atomic mass is 10.0. The zero-order valence-electron chi connectivity index (χ0n) is 19.4. The van der Waals surface area contributed by atoms with Gasteiger partial charge in [0.25, 0.3) is 0 Å². The molecule has 1 aromatic carbocycles. The molecule has 5 rings (SSSR count). The van der Waals surface area contributed by atoms with E-state index >= 15 is 0 Å². The molecule has 0 bridgehead atoms. The number of nitrogens with one attached hydrogen (secondary N) is 2. The molecular weight excluding hydrogens is 518 g/mol. The third-order valence-electron chi connectivity index (χ3n) is 5.59. The molecule has 1 atom stereocenters. The van der Waals surface area contributed by atoms with Gasteiger partial charge in [-0.25, -0.2) is 19.4 Å². The van der Waals surface area contributed by atoms with Crippen molar-refractivity contribution in [2.75, 3.05) is 13.2 Å². The van der Waals surface area contributed by atoms with Gasteiger partial charge >= 0.3 is 18.0 Å². The monoisotopic (exact) mass is 537 g/mol. The summed E-state index contributed by atoms with van der Waals surface area (Å²) >= 11 is 7.44. The van der Waals surface area contributed by atoms with Crippen LogP contribution in [0.25, 0.3) is 21.5 Å². The van der Waals surface area contributed by atoms with E-state index < -0.39 is 24.0 Å². The van der Waals surface area contributed by atoms with E-state index in [4.69, 9.17) is 25.5 Å². The first kappa shape index (κ1) is 24.5. The molecule has 4 heterocycles. The van der Waals surface area contributed by atoms with Gasteiger partial charge in [0.1, 0.15) is 18.4 Å². The number of amides is 2. The van der Waals surface area contributed by atoms with Crippen LogP contribution >= 0.6 is 22.9 Å². The van der Waals surface area contributed by atoms with Gasteiger partial charge in [0, 0.05) is 5.39 Å². The highest BCUT2D eigenvalue weighted by Gasteiger charge is 2.36. The second-order valence-corrected chi connectivity index (χ2v) is 9.63. The molecule has 188 valence electrons. The summed E-state index contributed by atoms with van der Waals surface area (Å²) in [6.45, 7) is 1.41. The second kappa shape index (κ2) is 10.5. The Labute approximate surface area is 220 Å². The van der Waals surface area contributed by atoms with Crippen LogP contribution in [0, 0.1) is 0 Å². The highest BCUT2D eigenvalue weighted by molar-refractivity contribution is 7.19. The van der Waals surface area contributed by atoms with E-state index in [9.17, 15) is 14.4 Å². The summed E-state index contributed by atoms with van der Waals surface area (Å²) in [5.41, 5.74) is 1.64. The number of fused-ring (bicyclic) bond motifs is 1. The standard InChI is InChI=1S/C26H20ClN3O6S/c1-2-34-25(32)22-18(29-26(33)30-23(22)19-8-5-11-35-19)13-36-24(31)15-12-17(20-9-10-21(27)37-20)28-16-7-4-3-6-14(15)16/h3-12,23H,2,13H2,1H3,(H2,29,30,33). The average Bonchev–Trinajstić information content (AvgIpc) is 3.58. The molecular formula is C26H20ClN3O6S. The van der Waals surface area contributed by atoms with Crippen molar-refractivity contribution in [1.29, 1.82) is 0 Å². The molecule has 0 saturated heterocycles. The van der Waals surface area contributed by atoms with Gasteiger partial charge in [-0.15, -0.1) is 11.3 Å². The van der Waals surface area contributed by atoms with E-state index in [1.54, 1.807) is 49.4 Å². The lowest BCUT2D eigenvalue weighted by molar-refractivity contribution is -0.139. The molecule has 0 fully saturated rings. The Kier molecular flexibility index (Phi) is 6.93. The molecule has 11 heteroatoms. The summed E-state index contributed by atoms with van der Waals surface area (Å²) in [6.07, 6.45) is 1.43. The molecule has 2 N–H and O–H groups in total. The van der Waals surface area contributed by atoms with Crippen LogP contribution in [-0.2, 0) is 14.3 Å². The van der Waals surface area contributed by atoms with E-state index in [1.807, 2.05) is 12.1 Å². The zero-order chi connectivity index (χ0) is 25.9. The predicted molar refractivity (Wildman–Crippen MR) is 137 cm³/mol. The molecule has 0 spiro atoms. The fraction of sp³-hybridized carbons (Fsp3) is 0.154. The van der Waals surface area contributed by atoms with Crippen LogP contribution < -0.4 is 10.6 Å². The van der Waals surface area contributed by atoms with Gasteiger partial charge in [0.2, 0.25) is 0 Å².